The van der Waals surface area contributed by atoms with Gasteiger partial charge < -0.3 is 20.9 Å². The lowest BCUT2D eigenvalue weighted by Crippen LogP contribution is -2.31. The summed E-state index contributed by atoms with van der Waals surface area (Å²) in [6, 6.07) is 5.55. The average molecular weight is 276 g/mol. The van der Waals surface area contributed by atoms with Gasteiger partial charge >= 0.3 is 0 Å². The topological polar surface area (TPSA) is 73.5 Å². The van der Waals surface area contributed by atoms with Crippen LogP contribution in [0.3, 0.4) is 0 Å². The van der Waals surface area contributed by atoms with E-state index in [2.05, 4.69) is 16.0 Å². The Morgan fingerprint density at radius 1 is 1.25 bits per heavy atom. The van der Waals surface area contributed by atoms with Crippen LogP contribution in [-0.4, -0.2) is 50.4 Å². The Balaban J connectivity index is 2.03. The molecule has 0 spiro atoms. The monoisotopic (exact) mass is 276 g/mol. The summed E-state index contributed by atoms with van der Waals surface area (Å²) in [4.78, 5) is 25.0. The Morgan fingerprint density at radius 2 is 1.95 bits per heavy atom. The highest BCUT2D eigenvalue weighted by atomic mass is 16.2. The second kappa shape index (κ2) is 6.27. The number of benzene rings is 1. The molecule has 0 aliphatic carbocycles. The molecule has 1 heterocycles. The van der Waals surface area contributed by atoms with Crippen LogP contribution in [0.2, 0.25) is 0 Å². The van der Waals surface area contributed by atoms with Crippen molar-refractivity contribution in [3.05, 3.63) is 23.8 Å². The van der Waals surface area contributed by atoms with E-state index in [1.165, 1.54) is 0 Å². The lowest BCUT2D eigenvalue weighted by Gasteiger charge is -2.22. The first-order valence-corrected chi connectivity index (χ1v) is 6.69. The van der Waals surface area contributed by atoms with Crippen LogP contribution >= 0.6 is 0 Å². The maximum atomic E-state index is 12.3. The number of anilines is 2. The van der Waals surface area contributed by atoms with Gasteiger partial charge in [-0.2, -0.15) is 0 Å². The van der Waals surface area contributed by atoms with Crippen LogP contribution in [-0.2, 0) is 4.79 Å². The molecule has 3 N–H and O–H groups in total. The molecular formula is C14H20N4O2. The van der Waals surface area contributed by atoms with Crippen LogP contribution in [0.4, 0.5) is 11.4 Å². The number of carbonyl (C=O) groups is 2. The van der Waals surface area contributed by atoms with E-state index < -0.39 is 0 Å². The molecule has 1 aliphatic rings. The minimum absolute atomic E-state index is 0.0686. The Bertz CT molecular complexity index is 516. The van der Waals surface area contributed by atoms with E-state index >= 15 is 0 Å². The van der Waals surface area contributed by atoms with Gasteiger partial charge in [0.15, 0.2) is 0 Å². The number of nitrogens with one attached hydrogen (secondary N) is 3. The minimum atomic E-state index is -0.0796. The number of rotatable bonds is 4. The van der Waals surface area contributed by atoms with Gasteiger partial charge in [-0.3, -0.25) is 9.59 Å². The van der Waals surface area contributed by atoms with E-state index in [1.807, 2.05) is 12.1 Å². The highest BCUT2D eigenvalue weighted by Crippen LogP contribution is 2.25. The first-order chi connectivity index (χ1) is 9.61. The van der Waals surface area contributed by atoms with Gasteiger partial charge in [0.1, 0.15) is 0 Å². The molecular weight excluding hydrogens is 256 g/mol. The third-order valence-corrected chi connectivity index (χ3v) is 3.32. The molecule has 0 aromatic heterocycles. The summed E-state index contributed by atoms with van der Waals surface area (Å²) in [5.41, 5.74) is 2.59. The third-order valence-electron chi connectivity index (χ3n) is 3.32. The van der Waals surface area contributed by atoms with Gasteiger partial charge in [0.2, 0.25) is 5.91 Å². The van der Waals surface area contributed by atoms with Crippen LogP contribution < -0.4 is 16.0 Å². The molecule has 2 amide bonds. The molecule has 108 valence electrons. The molecule has 0 unspecified atom stereocenters. The highest BCUT2D eigenvalue weighted by Gasteiger charge is 2.15. The predicted octanol–water partition coefficient (Wildman–Crippen LogP) is 0.732. The Kier molecular flexibility index (Phi) is 4.45. The van der Waals surface area contributed by atoms with Crippen LogP contribution in [0.15, 0.2) is 18.2 Å². The largest absolute Gasteiger partial charge is 0.382 e. The van der Waals surface area contributed by atoms with Crippen molar-refractivity contribution in [3.8, 4) is 0 Å². The number of nitrogens with zero attached hydrogens (tertiary/aromatic N) is 1. The molecule has 0 fully saturated rings. The zero-order valence-electron chi connectivity index (χ0n) is 11.8. The maximum Gasteiger partial charge on any atom is 0.253 e. The van der Waals surface area contributed by atoms with Crippen LogP contribution in [0.5, 0.6) is 0 Å². The summed E-state index contributed by atoms with van der Waals surface area (Å²) in [5, 5.41) is 9.07. The first-order valence-electron chi connectivity index (χ1n) is 6.69. The van der Waals surface area contributed by atoms with Crippen molar-refractivity contribution in [1.82, 2.24) is 10.2 Å². The molecule has 0 atom stereocenters. The molecule has 6 nitrogen and oxygen atoms in total. The second-order valence-corrected chi connectivity index (χ2v) is 4.76. The predicted molar refractivity (Wildman–Crippen MR) is 79.1 cm³/mol. The second-order valence-electron chi connectivity index (χ2n) is 4.76. The molecule has 6 heteroatoms. The molecule has 1 aromatic carbocycles. The summed E-state index contributed by atoms with van der Waals surface area (Å²) >= 11 is 0. The quantitative estimate of drug-likeness (QED) is 0.758. The van der Waals surface area contributed by atoms with Crippen LogP contribution in [0, 0.1) is 0 Å². The van der Waals surface area contributed by atoms with E-state index in [0.29, 0.717) is 18.5 Å². The van der Waals surface area contributed by atoms with E-state index in [0.717, 1.165) is 24.5 Å². The van der Waals surface area contributed by atoms with E-state index in [1.54, 1.807) is 25.1 Å². The number of hydrogen-bond donors (Lipinski definition) is 3. The fraction of sp³-hybridized carbons (Fsp3) is 0.429. The van der Waals surface area contributed by atoms with Gasteiger partial charge in [0.25, 0.3) is 5.91 Å². The maximum absolute atomic E-state index is 12.3. The molecule has 20 heavy (non-hydrogen) atoms. The van der Waals surface area contributed by atoms with Gasteiger partial charge in [-0.1, -0.05) is 0 Å². The van der Waals surface area contributed by atoms with E-state index in [-0.39, 0.29) is 11.8 Å². The summed E-state index contributed by atoms with van der Waals surface area (Å²) in [6.45, 7) is 2.13. The minimum Gasteiger partial charge on any atom is -0.382 e. The fourth-order valence-electron chi connectivity index (χ4n) is 2.09. The van der Waals surface area contributed by atoms with Gasteiger partial charge in [0, 0.05) is 45.7 Å². The summed E-state index contributed by atoms with van der Waals surface area (Å²) < 4.78 is 0. The number of hydrogen-bond acceptors (Lipinski definition) is 4. The molecule has 1 aromatic rings. The Hall–Kier alpha value is -2.24. The number of fused-ring (bicyclic) bond motifs is 1. The Labute approximate surface area is 118 Å². The summed E-state index contributed by atoms with van der Waals surface area (Å²) in [7, 11) is 3.29. The van der Waals surface area contributed by atoms with Gasteiger partial charge in [0.05, 0.1) is 11.4 Å². The number of carbonyl (C=O) groups excluding carboxylic acids is 2. The van der Waals surface area contributed by atoms with Crippen molar-refractivity contribution in [2.45, 2.75) is 6.42 Å². The van der Waals surface area contributed by atoms with Crippen molar-refractivity contribution in [2.75, 3.05) is 44.4 Å². The lowest BCUT2D eigenvalue weighted by molar-refractivity contribution is -0.120. The summed E-state index contributed by atoms with van der Waals surface area (Å²) in [5.74, 6) is -0.148. The van der Waals surface area contributed by atoms with Gasteiger partial charge in [-0.25, -0.2) is 0 Å². The SMILES string of the molecule is CNC(=O)CCN(C)C(=O)c1ccc2c(c1)NCCN2. The van der Waals surface area contributed by atoms with E-state index in [9.17, 15) is 9.59 Å². The van der Waals surface area contributed by atoms with Gasteiger partial charge in [-0.15, -0.1) is 0 Å². The highest BCUT2D eigenvalue weighted by molar-refractivity contribution is 5.96. The van der Waals surface area contributed by atoms with Crippen molar-refractivity contribution in [1.29, 1.82) is 0 Å². The fourth-order valence-corrected chi connectivity index (χ4v) is 2.09. The van der Waals surface area contributed by atoms with Gasteiger partial charge in [-0.05, 0) is 18.2 Å². The van der Waals surface area contributed by atoms with Crippen LogP contribution in [0.1, 0.15) is 16.8 Å². The molecule has 0 radical (unpaired) electrons. The number of amides is 2. The lowest BCUT2D eigenvalue weighted by atomic mass is 10.1. The molecule has 1 aliphatic heterocycles. The van der Waals surface area contributed by atoms with Crippen molar-refractivity contribution in [3.63, 3.8) is 0 Å². The van der Waals surface area contributed by atoms with Crippen molar-refractivity contribution >= 4 is 23.2 Å². The molecule has 0 bridgehead atoms. The van der Waals surface area contributed by atoms with Crippen LogP contribution in [0.25, 0.3) is 0 Å². The normalized spacial score (nSPS) is 12.7. The van der Waals surface area contributed by atoms with Crippen molar-refractivity contribution < 1.29 is 9.59 Å². The first kappa shape index (κ1) is 14.2. The molecule has 0 saturated carbocycles. The Morgan fingerprint density at radius 3 is 2.65 bits per heavy atom. The molecule has 0 saturated heterocycles. The zero-order chi connectivity index (χ0) is 14.5. The van der Waals surface area contributed by atoms with E-state index in [4.69, 9.17) is 0 Å². The average Bonchev–Trinajstić information content (AvgIpc) is 2.50. The van der Waals surface area contributed by atoms with Crippen molar-refractivity contribution in [2.24, 2.45) is 0 Å². The smallest absolute Gasteiger partial charge is 0.253 e. The molecule has 2 rings (SSSR count). The summed E-state index contributed by atoms with van der Waals surface area (Å²) in [6.07, 6.45) is 0.309. The standard InChI is InChI=1S/C14H20N4O2/c1-15-13(19)5-8-18(2)14(20)10-3-4-11-12(9-10)17-7-6-16-11/h3-4,9,16-17H,5-8H2,1-2H3,(H,15,19). The zero-order valence-corrected chi connectivity index (χ0v) is 11.8. The third kappa shape index (κ3) is 3.20.